The van der Waals surface area contributed by atoms with E-state index in [0.29, 0.717) is 0 Å². The van der Waals surface area contributed by atoms with Crippen LogP contribution in [0.4, 0.5) is 26.3 Å². The Labute approximate surface area is 157 Å². The Balaban J connectivity index is 3.16. The first-order valence-electron chi connectivity index (χ1n) is 6.77. The lowest BCUT2D eigenvalue weighted by Crippen LogP contribution is -2.53. The number of nitrogens with zero attached hydrogens (tertiary/aromatic N) is 2. The lowest BCUT2D eigenvalue weighted by atomic mass is 10.2. The molecule has 0 saturated carbocycles. The van der Waals surface area contributed by atoms with Gasteiger partial charge in [-0.25, -0.2) is 13.4 Å². The van der Waals surface area contributed by atoms with Crippen molar-refractivity contribution < 1.29 is 44.3 Å². The molecule has 1 aromatic rings. The average Bonchev–Trinajstić information content (AvgIpc) is 2.50. The number of sulfonamides is 1. The van der Waals surface area contributed by atoms with E-state index in [2.05, 4.69) is 20.9 Å². The van der Waals surface area contributed by atoms with Crippen molar-refractivity contribution in [3.05, 3.63) is 23.9 Å². The van der Waals surface area contributed by atoms with Gasteiger partial charge >= 0.3 is 21.7 Å². The summed E-state index contributed by atoms with van der Waals surface area (Å²) >= 11 is 2.69. The summed E-state index contributed by atoms with van der Waals surface area (Å²) in [7, 11) is -6.32. The molecule has 0 spiro atoms. The normalized spacial score (nSPS) is 15.4. The van der Waals surface area contributed by atoms with E-state index in [1.807, 2.05) is 0 Å². The first kappa shape index (κ1) is 23.4. The Morgan fingerprint density at radius 1 is 1.33 bits per heavy atom. The van der Waals surface area contributed by atoms with Crippen LogP contribution in [0.15, 0.2) is 18.3 Å². The molecular formula is C12H12BrF6N3O4S. The molecule has 0 radical (unpaired) electrons. The summed E-state index contributed by atoms with van der Waals surface area (Å²) in [6.45, 7) is -1.62. The van der Waals surface area contributed by atoms with Crippen LogP contribution in [-0.2, 0) is 10.0 Å². The summed E-state index contributed by atoms with van der Waals surface area (Å²) in [5.74, 6) is -1.27. The van der Waals surface area contributed by atoms with Crippen molar-refractivity contribution in [1.29, 1.82) is 0 Å². The fraction of sp³-hybridized carbons (Fsp3) is 0.500. The van der Waals surface area contributed by atoms with Gasteiger partial charge < -0.3 is 10.5 Å². The standard InChI is InChI=1S/C12H12BrF6N3O4S/c1-6(9(13)26-8-4-7(10(20)23)2-3-21-8)22(5-11(14,15)16)27(24,25)12(17,18)19/h2-4,6,9H,5H2,1H3,(H2,20,23)/t6-,9?/m0/s1. The van der Waals surface area contributed by atoms with Gasteiger partial charge in [-0.15, -0.1) is 0 Å². The fourth-order valence-corrected chi connectivity index (χ4v) is 3.49. The molecule has 0 aliphatic heterocycles. The second-order valence-corrected chi connectivity index (χ2v) is 7.85. The van der Waals surface area contributed by atoms with E-state index in [4.69, 9.17) is 10.5 Å². The summed E-state index contributed by atoms with van der Waals surface area (Å²) in [6, 6.07) is 0.207. The first-order chi connectivity index (χ1) is 12.1. The number of rotatable bonds is 7. The van der Waals surface area contributed by atoms with Gasteiger partial charge in [0, 0.05) is 17.8 Å². The predicted molar refractivity (Wildman–Crippen MR) is 83.3 cm³/mol. The van der Waals surface area contributed by atoms with Crippen molar-refractivity contribution in [3.63, 3.8) is 0 Å². The maximum Gasteiger partial charge on any atom is 0.511 e. The third-order valence-electron chi connectivity index (χ3n) is 3.02. The van der Waals surface area contributed by atoms with Crippen LogP contribution >= 0.6 is 15.9 Å². The quantitative estimate of drug-likeness (QED) is 0.469. The number of aromatic nitrogens is 1. The van der Waals surface area contributed by atoms with E-state index in [1.165, 1.54) is 6.07 Å². The number of ether oxygens (including phenoxy) is 1. The molecule has 0 aromatic carbocycles. The Kier molecular flexibility index (Phi) is 7.10. The van der Waals surface area contributed by atoms with Crippen LogP contribution in [0.2, 0.25) is 0 Å². The molecule has 0 saturated heterocycles. The summed E-state index contributed by atoms with van der Waals surface area (Å²) < 4.78 is 103. The summed E-state index contributed by atoms with van der Waals surface area (Å²) in [5.41, 5.74) is -1.03. The van der Waals surface area contributed by atoms with Crippen LogP contribution in [0.25, 0.3) is 0 Å². The van der Waals surface area contributed by atoms with Crippen LogP contribution in [0.5, 0.6) is 5.88 Å². The van der Waals surface area contributed by atoms with E-state index in [-0.39, 0.29) is 11.4 Å². The third kappa shape index (κ3) is 6.21. The highest BCUT2D eigenvalue weighted by Gasteiger charge is 2.54. The van der Waals surface area contributed by atoms with Gasteiger partial charge in [0.15, 0.2) is 5.01 Å². The molecule has 0 aliphatic rings. The third-order valence-corrected chi connectivity index (χ3v) is 5.64. The second kappa shape index (κ2) is 8.18. The van der Waals surface area contributed by atoms with Gasteiger partial charge in [-0.3, -0.25) is 4.79 Å². The Morgan fingerprint density at radius 2 is 1.89 bits per heavy atom. The molecule has 0 fully saturated rings. The van der Waals surface area contributed by atoms with E-state index in [0.717, 1.165) is 19.2 Å². The second-order valence-electron chi connectivity index (χ2n) is 5.07. The highest BCUT2D eigenvalue weighted by atomic mass is 79.9. The summed E-state index contributed by atoms with van der Waals surface area (Å²) in [5, 5.41) is -1.67. The molecular weight excluding hydrogens is 476 g/mol. The van der Waals surface area contributed by atoms with E-state index in [9.17, 15) is 39.6 Å². The molecule has 1 heterocycles. The SMILES string of the molecule is C[C@@H](C(Br)Oc1cc(C(N)=O)ccn1)N(CC(F)(F)F)S(=O)(=O)C(F)(F)F. The maximum atomic E-state index is 12.7. The minimum absolute atomic E-state index is 0.0950. The molecule has 27 heavy (non-hydrogen) atoms. The molecule has 7 nitrogen and oxygen atoms in total. The zero-order valence-electron chi connectivity index (χ0n) is 13.3. The number of alkyl halides is 7. The van der Waals surface area contributed by atoms with Crippen LogP contribution < -0.4 is 10.5 Å². The number of pyridine rings is 1. The lowest BCUT2D eigenvalue weighted by molar-refractivity contribution is -0.142. The lowest BCUT2D eigenvalue weighted by Gasteiger charge is -2.32. The van der Waals surface area contributed by atoms with Crippen molar-refractivity contribution >= 4 is 31.9 Å². The molecule has 1 rings (SSSR count). The predicted octanol–water partition coefficient (Wildman–Crippen LogP) is 2.38. The minimum Gasteiger partial charge on any atom is -0.461 e. The van der Waals surface area contributed by atoms with Gasteiger partial charge in [0.2, 0.25) is 11.8 Å². The molecule has 0 bridgehead atoms. The van der Waals surface area contributed by atoms with Gasteiger partial charge in [-0.1, -0.05) is 0 Å². The smallest absolute Gasteiger partial charge is 0.461 e. The molecule has 1 amide bonds. The summed E-state index contributed by atoms with van der Waals surface area (Å²) in [6.07, 6.45) is -4.19. The monoisotopic (exact) mass is 487 g/mol. The van der Waals surface area contributed by atoms with Crippen molar-refractivity contribution in [1.82, 2.24) is 9.29 Å². The molecule has 1 unspecified atom stereocenters. The zero-order chi connectivity index (χ0) is 21.2. The van der Waals surface area contributed by atoms with Gasteiger partial charge in [-0.2, -0.15) is 30.6 Å². The number of nitrogens with two attached hydrogens (primary N) is 1. The van der Waals surface area contributed by atoms with Gasteiger partial charge in [0.25, 0.3) is 0 Å². The molecule has 1 aromatic heterocycles. The number of amides is 1. The zero-order valence-corrected chi connectivity index (χ0v) is 15.7. The fourth-order valence-electron chi connectivity index (χ4n) is 1.73. The largest absolute Gasteiger partial charge is 0.511 e. The number of hydrogen-bond donors (Lipinski definition) is 1. The van der Waals surface area contributed by atoms with Crippen molar-refractivity contribution in [3.8, 4) is 5.88 Å². The molecule has 15 heteroatoms. The number of carbonyl (C=O) groups excluding carboxylic acids is 1. The van der Waals surface area contributed by atoms with Crippen LogP contribution in [0.3, 0.4) is 0 Å². The highest BCUT2D eigenvalue weighted by Crippen LogP contribution is 2.33. The van der Waals surface area contributed by atoms with Crippen molar-refractivity contribution in [2.45, 2.75) is 29.7 Å². The van der Waals surface area contributed by atoms with Crippen LogP contribution in [0.1, 0.15) is 17.3 Å². The molecule has 2 atom stereocenters. The Morgan fingerprint density at radius 3 is 2.33 bits per heavy atom. The van der Waals surface area contributed by atoms with Gasteiger partial charge in [0.1, 0.15) is 6.54 Å². The van der Waals surface area contributed by atoms with Gasteiger partial charge in [-0.05, 0) is 28.9 Å². The summed E-state index contributed by atoms with van der Waals surface area (Å²) in [4.78, 5) is 14.7. The number of hydrogen-bond acceptors (Lipinski definition) is 5. The minimum atomic E-state index is -6.32. The van der Waals surface area contributed by atoms with Crippen LogP contribution in [-0.4, -0.2) is 52.9 Å². The molecule has 154 valence electrons. The van der Waals surface area contributed by atoms with E-state index in [1.54, 1.807) is 0 Å². The van der Waals surface area contributed by atoms with E-state index < -0.39 is 49.5 Å². The Bertz CT molecular complexity index is 786. The number of primary amides is 1. The first-order valence-corrected chi connectivity index (χ1v) is 9.13. The van der Waals surface area contributed by atoms with Gasteiger partial charge in [0.05, 0.1) is 6.04 Å². The van der Waals surface area contributed by atoms with Crippen LogP contribution in [0, 0.1) is 0 Å². The highest BCUT2D eigenvalue weighted by molar-refractivity contribution is 9.09. The van der Waals surface area contributed by atoms with Crippen molar-refractivity contribution in [2.75, 3.05) is 6.54 Å². The molecule has 2 N–H and O–H groups in total. The maximum absolute atomic E-state index is 12.7. The average molecular weight is 488 g/mol. The number of carbonyl (C=O) groups is 1. The molecule has 0 aliphatic carbocycles. The topological polar surface area (TPSA) is 103 Å². The number of halogens is 7. The van der Waals surface area contributed by atoms with Crippen molar-refractivity contribution in [2.24, 2.45) is 5.73 Å². The van der Waals surface area contributed by atoms with E-state index >= 15 is 0 Å². The Hall–Kier alpha value is -1.61.